The van der Waals surface area contributed by atoms with Crippen molar-refractivity contribution >= 4 is 17.7 Å². The number of alkyl halides is 11. The molecule has 1 saturated carbocycles. The number of nitrogens with zero attached hydrogens (tertiary/aromatic N) is 2. The van der Waals surface area contributed by atoms with Crippen LogP contribution in [0.15, 0.2) is 36.5 Å². The van der Waals surface area contributed by atoms with Crippen LogP contribution in [-0.2, 0) is 9.53 Å². The minimum Gasteiger partial charge on any atom is -0.462 e. The molecule has 0 bridgehead atoms. The van der Waals surface area contributed by atoms with Gasteiger partial charge in [0.05, 0.1) is 18.5 Å². The zero-order valence-corrected chi connectivity index (χ0v) is 17.4. The summed E-state index contributed by atoms with van der Waals surface area (Å²) in [5, 5.41) is 4.49. The third-order valence-corrected chi connectivity index (χ3v) is 5.25. The van der Waals surface area contributed by atoms with Crippen LogP contribution in [0.4, 0.5) is 54.1 Å². The van der Waals surface area contributed by atoms with Gasteiger partial charge in [-0.1, -0.05) is 18.2 Å². The van der Waals surface area contributed by atoms with E-state index in [0.717, 1.165) is 17.4 Å². The van der Waals surface area contributed by atoms with Gasteiger partial charge in [0, 0.05) is 0 Å². The third kappa shape index (κ3) is 3.13. The normalized spacial score (nSPS) is 22.4. The minimum absolute atomic E-state index is 0.166. The number of carbonyl (C=O) groups excluding carboxylic acids is 2. The molecule has 1 aliphatic rings. The Morgan fingerprint density at radius 3 is 1.78 bits per heavy atom. The van der Waals surface area contributed by atoms with E-state index in [2.05, 4.69) is 9.84 Å². The van der Waals surface area contributed by atoms with Crippen LogP contribution in [0.2, 0.25) is 0 Å². The Kier molecular flexibility index (Phi) is 6.09. The highest BCUT2D eigenvalue weighted by Gasteiger charge is 3.02. The van der Waals surface area contributed by atoms with Crippen molar-refractivity contribution in [3.05, 3.63) is 42.1 Å². The summed E-state index contributed by atoms with van der Waals surface area (Å²) in [6, 6.07) is 6.35. The van der Waals surface area contributed by atoms with Gasteiger partial charge in [0.2, 0.25) is 0 Å². The zero-order chi connectivity index (χ0) is 27.5. The molecule has 0 atom stereocenters. The second-order valence-corrected chi connectivity index (χ2v) is 7.36. The Bertz CT molecular complexity index is 1150. The van der Waals surface area contributed by atoms with Crippen molar-refractivity contribution in [2.24, 2.45) is 0 Å². The number of nitrogens with one attached hydrogen (secondary N) is 1. The van der Waals surface area contributed by atoms with Gasteiger partial charge in [0.25, 0.3) is 5.91 Å². The number of esters is 1. The zero-order valence-electron chi connectivity index (χ0n) is 17.4. The Balaban J connectivity index is 2.22. The first kappa shape index (κ1) is 27.2. The van der Waals surface area contributed by atoms with E-state index in [9.17, 15) is 53.5 Å². The van der Waals surface area contributed by atoms with Crippen molar-refractivity contribution in [3.8, 4) is 5.69 Å². The minimum atomic E-state index is -7.48. The highest BCUT2D eigenvalue weighted by Crippen LogP contribution is 2.69. The van der Waals surface area contributed by atoms with E-state index in [0.29, 0.717) is 10.9 Å². The fraction of sp³-hybridized carbons (Fsp3) is 0.421. The molecule has 1 aromatic carbocycles. The maximum atomic E-state index is 15.1. The summed E-state index contributed by atoms with van der Waals surface area (Å²) >= 11 is 0. The Hall–Kier alpha value is -3.40. The molecule has 0 radical (unpaired) electrons. The fourth-order valence-corrected chi connectivity index (χ4v) is 3.29. The quantitative estimate of drug-likeness (QED) is 0.434. The number of ether oxygens (including phenoxy) is 1. The van der Waals surface area contributed by atoms with E-state index in [4.69, 9.17) is 0 Å². The van der Waals surface area contributed by atoms with E-state index in [1.807, 2.05) is 0 Å². The maximum absolute atomic E-state index is 15.1. The monoisotopic (exact) mass is 539 g/mol. The van der Waals surface area contributed by atoms with Gasteiger partial charge in [0.1, 0.15) is 5.56 Å². The van der Waals surface area contributed by atoms with Gasteiger partial charge in [-0.2, -0.15) is 49.0 Å². The van der Waals surface area contributed by atoms with Gasteiger partial charge >= 0.3 is 41.3 Å². The van der Waals surface area contributed by atoms with Crippen molar-refractivity contribution in [3.63, 3.8) is 0 Å². The Morgan fingerprint density at radius 2 is 1.31 bits per heavy atom. The summed E-state index contributed by atoms with van der Waals surface area (Å²) in [4.78, 5) is 24.5. The number of carbonyl (C=O) groups is 2. The average Bonchev–Trinajstić information content (AvgIpc) is 3.21. The Labute approximate surface area is 193 Å². The van der Waals surface area contributed by atoms with E-state index < -0.39 is 58.5 Å². The lowest BCUT2D eigenvalue weighted by Gasteiger charge is -2.51. The van der Waals surface area contributed by atoms with Gasteiger partial charge in [-0.05, 0) is 19.1 Å². The molecule has 0 saturated heterocycles. The lowest BCUT2D eigenvalue weighted by atomic mass is 9.71. The average molecular weight is 539 g/mol. The smallest absolute Gasteiger partial charge is 0.384 e. The van der Waals surface area contributed by atoms with Gasteiger partial charge < -0.3 is 10.1 Å². The molecule has 6 nitrogen and oxygen atoms in total. The summed E-state index contributed by atoms with van der Waals surface area (Å²) in [7, 11) is 0. The number of halogens is 11. The summed E-state index contributed by atoms with van der Waals surface area (Å²) in [6.07, 6.45) is 0.556. The van der Waals surface area contributed by atoms with Crippen LogP contribution in [-0.4, -0.2) is 63.5 Å². The van der Waals surface area contributed by atoms with Crippen LogP contribution in [0.5, 0.6) is 0 Å². The van der Waals surface area contributed by atoms with Gasteiger partial charge in [-0.15, -0.1) is 0 Å². The number of rotatable bonds is 5. The fourth-order valence-electron chi connectivity index (χ4n) is 3.29. The van der Waals surface area contributed by atoms with Crippen molar-refractivity contribution in [1.29, 1.82) is 0 Å². The molecule has 0 unspecified atom stereocenters. The second-order valence-electron chi connectivity index (χ2n) is 7.36. The number of para-hydroxylation sites is 1. The largest absolute Gasteiger partial charge is 0.462 e. The number of anilines is 1. The standard InChI is InChI=1S/C19H12F11N3O3/c1-2-36-12(34)10-8-31-33(9-6-4-3-5-7-9)11(10)32-13(35)14(20)15(21,22)17(25,26)19(29,30)18(27,28)16(14,23)24/h3-8H,2H2,1H3,(H,32,35). The van der Waals surface area contributed by atoms with Crippen molar-refractivity contribution in [2.45, 2.75) is 42.2 Å². The molecule has 0 spiro atoms. The maximum Gasteiger partial charge on any atom is 0.384 e. The predicted molar refractivity (Wildman–Crippen MR) is 96.7 cm³/mol. The summed E-state index contributed by atoms with van der Waals surface area (Å²) in [5.74, 6) is -43.5. The van der Waals surface area contributed by atoms with E-state index >= 15 is 4.39 Å². The molecule has 1 N–H and O–H groups in total. The van der Waals surface area contributed by atoms with Crippen molar-refractivity contribution in [2.75, 3.05) is 11.9 Å². The number of hydrogen-bond acceptors (Lipinski definition) is 4. The number of benzene rings is 1. The number of hydrogen-bond donors (Lipinski definition) is 1. The highest BCUT2D eigenvalue weighted by molar-refractivity contribution is 6.04. The SMILES string of the molecule is CCOC(=O)c1cnn(-c2ccccc2)c1NC(=O)C1(F)C(F)(F)C(F)(F)C(F)(F)C(F)(F)C1(F)F. The molecule has 0 aliphatic heterocycles. The third-order valence-electron chi connectivity index (χ3n) is 5.25. The molecule has 1 amide bonds. The van der Waals surface area contributed by atoms with Crippen LogP contribution in [0.25, 0.3) is 5.69 Å². The first-order valence-electron chi connectivity index (χ1n) is 9.54. The molecular weight excluding hydrogens is 527 g/mol. The second kappa shape index (κ2) is 8.06. The highest BCUT2D eigenvalue weighted by atomic mass is 19.4. The van der Waals surface area contributed by atoms with Crippen LogP contribution < -0.4 is 5.32 Å². The molecule has 17 heteroatoms. The summed E-state index contributed by atoms with van der Waals surface area (Å²) in [6.45, 7) is 0.904. The molecule has 2 aromatic rings. The Morgan fingerprint density at radius 1 is 0.833 bits per heavy atom. The van der Waals surface area contributed by atoms with E-state index in [1.165, 1.54) is 25.1 Å². The van der Waals surface area contributed by atoms with Gasteiger partial charge in [-0.3, -0.25) is 4.79 Å². The molecule has 1 heterocycles. The topological polar surface area (TPSA) is 73.2 Å². The number of amides is 1. The first-order chi connectivity index (χ1) is 16.3. The van der Waals surface area contributed by atoms with Gasteiger partial charge in [0.15, 0.2) is 5.82 Å². The molecule has 3 rings (SSSR count). The van der Waals surface area contributed by atoms with Gasteiger partial charge in [-0.25, -0.2) is 13.9 Å². The van der Waals surface area contributed by atoms with E-state index in [-0.39, 0.29) is 12.3 Å². The molecule has 1 fully saturated rings. The predicted octanol–water partition coefficient (Wildman–Crippen LogP) is 4.89. The lowest BCUT2D eigenvalue weighted by molar-refractivity contribution is -0.475. The molecule has 36 heavy (non-hydrogen) atoms. The van der Waals surface area contributed by atoms with Crippen molar-refractivity contribution in [1.82, 2.24) is 9.78 Å². The summed E-state index contributed by atoms with van der Waals surface area (Å²) < 4.78 is 159. The van der Waals surface area contributed by atoms with Crippen LogP contribution in [0.1, 0.15) is 17.3 Å². The molecular formula is C19H12F11N3O3. The van der Waals surface area contributed by atoms with Crippen LogP contribution >= 0.6 is 0 Å². The first-order valence-corrected chi connectivity index (χ1v) is 9.54. The molecule has 1 aromatic heterocycles. The number of aromatic nitrogens is 2. The summed E-state index contributed by atoms with van der Waals surface area (Å²) in [5.41, 5.74) is -8.06. The molecule has 1 aliphatic carbocycles. The van der Waals surface area contributed by atoms with Crippen LogP contribution in [0, 0.1) is 0 Å². The molecule has 198 valence electrons. The lowest BCUT2D eigenvalue weighted by Crippen LogP contribution is -2.86. The van der Waals surface area contributed by atoms with Crippen molar-refractivity contribution < 1.29 is 62.6 Å². The van der Waals surface area contributed by atoms with Crippen LogP contribution in [0.3, 0.4) is 0 Å². The van der Waals surface area contributed by atoms with E-state index in [1.54, 1.807) is 0 Å².